The predicted molar refractivity (Wildman–Crippen MR) is 79.2 cm³/mol. The predicted octanol–water partition coefficient (Wildman–Crippen LogP) is 6.44. The fraction of sp³-hybridized carbons (Fsp3) is 0.0909. The van der Waals surface area contributed by atoms with Crippen LogP contribution < -0.4 is 0 Å². The molecule has 0 N–H and O–H groups in total. The van der Waals surface area contributed by atoms with Crippen LogP contribution in [0.25, 0.3) is 0 Å². The summed E-state index contributed by atoms with van der Waals surface area (Å²) in [6, 6.07) is 6.36. The third kappa shape index (κ3) is 3.04. The van der Waals surface area contributed by atoms with Gasteiger partial charge in [-0.05, 0) is 40.2 Å². The summed E-state index contributed by atoms with van der Waals surface area (Å²) >= 11 is 20.0. The highest BCUT2D eigenvalue weighted by Crippen LogP contribution is 2.42. The van der Waals surface area contributed by atoms with Crippen LogP contribution in [0.3, 0.4) is 0 Å². The molecule has 0 nitrogen and oxygen atoms in total. The zero-order chi connectivity index (χ0) is 12.6. The van der Waals surface area contributed by atoms with Crippen molar-refractivity contribution in [2.45, 2.75) is 4.83 Å². The molecule has 0 bridgehead atoms. The normalized spacial score (nSPS) is 12.8. The average Bonchev–Trinajstić information content (AvgIpc) is 2.62. The fourth-order valence-electron chi connectivity index (χ4n) is 1.35. The van der Waals surface area contributed by atoms with Gasteiger partial charge in [0.1, 0.15) is 10.2 Å². The number of thiophene rings is 1. The van der Waals surface area contributed by atoms with Gasteiger partial charge in [0, 0.05) is 19.9 Å². The maximum atomic E-state index is 13.7. The Morgan fingerprint density at radius 3 is 2.53 bits per heavy atom. The summed E-state index contributed by atoms with van der Waals surface area (Å²) < 4.78 is 15.1. The van der Waals surface area contributed by atoms with Gasteiger partial charge in [-0.1, -0.05) is 39.1 Å². The van der Waals surface area contributed by atoms with Gasteiger partial charge in [0.15, 0.2) is 0 Å². The first-order valence-corrected chi connectivity index (χ1v) is 7.81. The number of hydrogen-bond acceptors (Lipinski definition) is 1. The molecule has 6 heteroatoms. The van der Waals surface area contributed by atoms with Crippen molar-refractivity contribution in [2.75, 3.05) is 0 Å². The summed E-state index contributed by atoms with van der Waals surface area (Å²) in [7, 11) is 0. The Kier molecular flexibility index (Phi) is 4.53. The van der Waals surface area contributed by atoms with E-state index in [9.17, 15) is 4.39 Å². The molecule has 0 saturated carbocycles. The van der Waals surface area contributed by atoms with Crippen LogP contribution in [-0.2, 0) is 0 Å². The van der Waals surface area contributed by atoms with Crippen molar-refractivity contribution >= 4 is 66.4 Å². The first-order chi connectivity index (χ1) is 7.99. The Hall–Kier alpha value is 0.390. The van der Waals surface area contributed by atoms with Gasteiger partial charge in [0.25, 0.3) is 0 Å². The number of hydrogen-bond donors (Lipinski definition) is 0. The summed E-state index contributed by atoms with van der Waals surface area (Å²) in [4.78, 5) is 0.665. The van der Waals surface area contributed by atoms with E-state index in [-0.39, 0.29) is 10.6 Å². The van der Waals surface area contributed by atoms with Crippen molar-refractivity contribution in [3.05, 3.63) is 54.4 Å². The molecule has 1 atom stereocenters. The molecular weight excluding hydrogens is 414 g/mol. The van der Waals surface area contributed by atoms with Crippen LogP contribution in [0.4, 0.5) is 4.39 Å². The van der Waals surface area contributed by atoms with Gasteiger partial charge in [-0.15, -0.1) is 11.3 Å². The van der Waals surface area contributed by atoms with Crippen molar-refractivity contribution in [1.82, 2.24) is 0 Å². The molecule has 0 aliphatic carbocycles. The summed E-state index contributed by atoms with van der Waals surface area (Å²) in [5.74, 6) is -0.295. The highest BCUT2D eigenvalue weighted by molar-refractivity contribution is 9.10. The zero-order valence-electron chi connectivity index (χ0n) is 8.18. The number of benzene rings is 1. The molecule has 2 rings (SSSR count). The molecule has 0 spiro atoms. The van der Waals surface area contributed by atoms with E-state index in [1.807, 2.05) is 6.07 Å². The largest absolute Gasteiger partial charge is 0.207 e. The molecule has 17 heavy (non-hydrogen) atoms. The maximum absolute atomic E-state index is 13.7. The van der Waals surface area contributed by atoms with Crippen LogP contribution in [0.5, 0.6) is 0 Å². The Labute approximate surface area is 129 Å². The van der Waals surface area contributed by atoms with Gasteiger partial charge in [-0.2, -0.15) is 0 Å². The number of halogens is 5. The van der Waals surface area contributed by atoms with E-state index in [0.29, 0.717) is 14.9 Å². The second kappa shape index (κ2) is 5.57. The Balaban J connectivity index is 2.42. The van der Waals surface area contributed by atoms with Gasteiger partial charge < -0.3 is 0 Å². The minimum Gasteiger partial charge on any atom is -0.207 e. The van der Waals surface area contributed by atoms with E-state index in [2.05, 4.69) is 31.9 Å². The molecule has 2 aromatic rings. The molecule has 0 aliphatic heterocycles. The molecule has 0 radical (unpaired) electrons. The zero-order valence-corrected chi connectivity index (χ0v) is 13.7. The van der Waals surface area contributed by atoms with Gasteiger partial charge >= 0.3 is 0 Å². The third-order valence-electron chi connectivity index (χ3n) is 2.15. The van der Waals surface area contributed by atoms with Gasteiger partial charge in [-0.3, -0.25) is 0 Å². The van der Waals surface area contributed by atoms with Crippen molar-refractivity contribution in [3.63, 3.8) is 0 Å². The Bertz CT molecular complexity index is 537. The van der Waals surface area contributed by atoms with E-state index in [1.165, 1.54) is 23.5 Å². The van der Waals surface area contributed by atoms with Crippen molar-refractivity contribution < 1.29 is 4.39 Å². The summed E-state index contributed by atoms with van der Waals surface area (Å²) in [6.45, 7) is 0. The first-order valence-electron chi connectivity index (χ1n) is 4.53. The fourth-order valence-corrected chi connectivity index (χ4v) is 4.03. The maximum Gasteiger partial charge on any atom is 0.128 e. The second-order valence-corrected chi connectivity index (χ2v) is 7.19. The molecule has 1 unspecified atom stereocenters. The second-order valence-electron chi connectivity index (χ2n) is 3.30. The van der Waals surface area contributed by atoms with Crippen LogP contribution in [0.2, 0.25) is 9.36 Å². The topological polar surface area (TPSA) is 0 Å². The highest BCUT2D eigenvalue weighted by Gasteiger charge is 2.18. The van der Waals surface area contributed by atoms with Crippen LogP contribution in [0.1, 0.15) is 15.3 Å². The summed E-state index contributed by atoms with van der Waals surface area (Å²) in [5, 5.41) is 0.507. The quantitative estimate of drug-likeness (QED) is 0.492. The van der Waals surface area contributed by atoms with E-state index in [4.69, 9.17) is 23.2 Å². The lowest BCUT2D eigenvalue weighted by atomic mass is 10.1. The number of alkyl halides is 1. The van der Waals surface area contributed by atoms with Crippen molar-refractivity contribution in [1.29, 1.82) is 0 Å². The van der Waals surface area contributed by atoms with Gasteiger partial charge in [0.2, 0.25) is 0 Å². The van der Waals surface area contributed by atoms with Gasteiger partial charge in [-0.25, -0.2) is 4.39 Å². The molecule has 1 aromatic carbocycles. The number of rotatable bonds is 2. The lowest BCUT2D eigenvalue weighted by molar-refractivity contribution is 0.614. The molecule has 0 fully saturated rings. The summed E-state index contributed by atoms with van der Waals surface area (Å²) in [5.41, 5.74) is 0.503. The first kappa shape index (κ1) is 13.8. The monoisotopic (exact) mass is 416 g/mol. The third-order valence-corrected chi connectivity index (χ3v) is 6.21. The van der Waals surface area contributed by atoms with E-state index in [0.717, 1.165) is 9.35 Å². The van der Waals surface area contributed by atoms with Crippen LogP contribution in [0.15, 0.2) is 28.7 Å². The van der Waals surface area contributed by atoms with Crippen LogP contribution in [0, 0.1) is 5.82 Å². The minimum absolute atomic E-state index is 0.255. The molecule has 1 aromatic heterocycles. The Morgan fingerprint density at radius 1 is 1.24 bits per heavy atom. The van der Waals surface area contributed by atoms with E-state index < -0.39 is 0 Å². The highest BCUT2D eigenvalue weighted by atomic mass is 79.9. The van der Waals surface area contributed by atoms with E-state index in [1.54, 1.807) is 6.07 Å². The molecule has 0 amide bonds. The van der Waals surface area contributed by atoms with Crippen LogP contribution in [-0.4, -0.2) is 0 Å². The SMILES string of the molecule is Fc1ccc(Cl)cc1C(Br)c1cc(Br)c(Cl)s1. The smallest absolute Gasteiger partial charge is 0.128 e. The molecule has 90 valence electrons. The minimum atomic E-state index is -0.295. The van der Waals surface area contributed by atoms with Gasteiger partial charge in [0.05, 0.1) is 4.83 Å². The molecular formula is C11H5Br2Cl2FS. The van der Waals surface area contributed by atoms with Crippen molar-refractivity contribution in [3.8, 4) is 0 Å². The lowest BCUT2D eigenvalue weighted by Gasteiger charge is -2.09. The molecule has 0 aliphatic rings. The van der Waals surface area contributed by atoms with Crippen LogP contribution >= 0.6 is 66.4 Å². The molecule has 0 saturated heterocycles. The molecule has 1 heterocycles. The average molecular weight is 419 g/mol. The lowest BCUT2D eigenvalue weighted by Crippen LogP contribution is -1.94. The summed E-state index contributed by atoms with van der Waals surface area (Å²) in [6.07, 6.45) is 0. The van der Waals surface area contributed by atoms with Crippen molar-refractivity contribution in [2.24, 2.45) is 0 Å². The Morgan fingerprint density at radius 2 is 1.94 bits per heavy atom. The van der Waals surface area contributed by atoms with E-state index >= 15 is 0 Å². The standard InChI is InChI=1S/C11H5Br2Cl2FS/c12-7-4-9(17-11(7)15)10(13)6-3-5(14)1-2-8(6)16/h1-4,10H.